The molecular weight excluding hydrogens is 212 g/mol. The molecule has 0 aliphatic rings. The SMILES string of the molecule is Cc1cn(-c2cc(F)c(B(O)O)cn2)cn1. The van der Waals surface area contributed by atoms with E-state index in [-0.39, 0.29) is 5.46 Å². The highest BCUT2D eigenvalue weighted by atomic mass is 19.1. The van der Waals surface area contributed by atoms with Gasteiger partial charge in [-0.15, -0.1) is 0 Å². The average Bonchev–Trinajstić information content (AvgIpc) is 2.64. The van der Waals surface area contributed by atoms with Gasteiger partial charge in [0.15, 0.2) is 0 Å². The molecule has 0 fully saturated rings. The molecule has 16 heavy (non-hydrogen) atoms. The molecule has 2 aromatic rings. The van der Waals surface area contributed by atoms with Crippen LogP contribution in [0.25, 0.3) is 5.82 Å². The number of aryl methyl sites for hydroxylation is 1. The molecule has 0 saturated heterocycles. The molecule has 0 atom stereocenters. The van der Waals surface area contributed by atoms with Crippen molar-refractivity contribution in [2.75, 3.05) is 0 Å². The van der Waals surface area contributed by atoms with Crippen LogP contribution in [0.4, 0.5) is 4.39 Å². The summed E-state index contributed by atoms with van der Waals surface area (Å²) in [6.45, 7) is 1.80. The Morgan fingerprint density at radius 2 is 2.12 bits per heavy atom. The van der Waals surface area contributed by atoms with Gasteiger partial charge in [-0.3, -0.25) is 4.57 Å². The van der Waals surface area contributed by atoms with Crippen LogP contribution >= 0.6 is 0 Å². The second-order valence-electron chi connectivity index (χ2n) is 3.36. The largest absolute Gasteiger partial charge is 0.493 e. The molecule has 82 valence electrons. The van der Waals surface area contributed by atoms with Gasteiger partial charge in [0.1, 0.15) is 18.0 Å². The Bertz CT molecular complexity index is 515. The first-order chi connectivity index (χ1) is 7.58. The minimum atomic E-state index is -1.86. The lowest BCUT2D eigenvalue weighted by Crippen LogP contribution is -2.33. The molecule has 2 rings (SSSR count). The van der Waals surface area contributed by atoms with Crippen LogP contribution in [-0.2, 0) is 0 Å². The maximum absolute atomic E-state index is 13.4. The number of pyridine rings is 1. The summed E-state index contributed by atoms with van der Waals surface area (Å²) in [6, 6.07) is 1.12. The summed E-state index contributed by atoms with van der Waals surface area (Å²) >= 11 is 0. The van der Waals surface area contributed by atoms with Crippen LogP contribution in [0.1, 0.15) is 5.69 Å². The van der Waals surface area contributed by atoms with Gasteiger partial charge in [-0.1, -0.05) is 0 Å². The maximum atomic E-state index is 13.4. The Balaban J connectivity index is 2.42. The monoisotopic (exact) mass is 221 g/mol. The highest BCUT2D eigenvalue weighted by Crippen LogP contribution is 2.06. The zero-order chi connectivity index (χ0) is 11.7. The van der Waals surface area contributed by atoms with Gasteiger partial charge in [0, 0.05) is 23.9 Å². The van der Waals surface area contributed by atoms with E-state index in [4.69, 9.17) is 10.0 Å². The molecule has 2 N–H and O–H groups in total. The molecule has 0 bridgehead atoms. The Labute approximate surface area is 91.4 Å². The van der Waals surface area contributed by atoms with E-state index in [1.165, 1.54) is 6.33 Å². The Morgan fingerprint density at radius 3 is 2.62 bits per heavy atom. The van der Waals surface area contributed by atoms with Crippen molar-refractivity contribution in [1.29, 1.82) is 0 Å². The van der Waals surface area contributed by atoms with Crippen molar-refractivity contribution in [3.8, 4) is 5.82 Å². The molecule has 7 heteroatoms. The van der Waals surface area contributed by atoms with Crippen LogP contribution in [0.2, 0.25) is 0 Å². The Kier molecular flexibility index (Phi) is 2.72. The van der Waals surface area contributed by atoms with Crippen LogP contribution in [0.3, 0.4) is 0 Å². The quantitative estimate of drug-likeness (QED) is 0.664. The summed E-state index contributed by atoms with van der Waals surface area (Å²) in [5.74, 6) is -0.381. The molecule has 2 aromatic heterocycles. The van der Waals surface area contributed by atoms with E-state index in [9.17, 15) is 4.39 Å². The zero-order valence-corrected chi connectivity index (χ0v) is 8.50. The third kappa shape index (κ3) is 1.95. The van der Waals surface area contributed by atoms with E-state index in [0.29, 0.717) is 5.82 Å². The first kappa shape index (κ1) is 10.8. The predicted molar refractivity (Wildman–Crippen MR) is 55.9 cm³/mol. The lowest BCUT2D eigenvalue weighted by Gasteiger charge is -2.04. The van der Waals surface area contributed by atoms with Crippen molar-refractivity contribution in [3.63, 3.8) is 0 Å². The number of hydrogen-bond acceptors (Lipinski definition) is 4. The van der Waals surface area contributed by atoms with Crippen molar-refractivity contribution in [2.45, 2.75) is 6.92 Å². The molecule has 0 saturated carbocycles. The van der Waals surface area contributed by atoms with E-state index < -0.39 is 12.9 Å². The minimum absolute atomic E-state index is 0.249. The van der Waals surface area contributed by atoms with Crippen molar-refractivity contribution in [2.24, 2.45) is 0 Å². The summed E-state index contributed by atoms with van der Waals surface area (Å²) in [4.78, 5) is 7.89. The highest BCUT2D eigenvalue weighted by molar-refractivity contribution is 6.58. The topological polar surface area (TPSA) is 71.2 Å². The molecule has 0 aliphatic heterocycles. The van der Waals surface area contributed by atoms with E-state index in [1.807, 2.05) is 0 Å². The van der Waals surface area contributed by atoms with E-state index >= 15 is 0 Å². The Morgan fingerprint density at radius 1 is 1.38 bits per heavy atom. The van der Waals surface area contributed by atoms with Gasteiger partial charge in [-0.05, 0) is 6.92 Å². The normalized spacial score (nSPS) is 10.5. The molecule has 0 radical (unpaired) electrons. The van der Waals surface area contributed by atoms with Gasteiger partial charge in [0.25, 0.3) is 0 Å². The summed E-state index contributed by atoms with van der Waals surface area (Å²) in [5.41, 5.74) is 0.536. The van der Waals surface area contributed by atoms with Crippen LogP contribution in [-0.4, -0.2) is 31.7 Å². The number of halogens is 1. The molecule has 0 aromatic carbocycles. The molecular formula is C9H9BFN3O2. The molecule has 0 amide bonds. The van der Waals surface area contributed by atoms with Gasteiger partial charge in [0.2, 0.25) is 0 Å². The van der Waals surface area contributed by atoms with Gasteiger partial charge < -0.3 is 10.0 Å². The lowest BCUT2D eigenvalue weighted by molar-refractivity contribution is 0.422. The van der Waals surface area contributed by atoms with Crippen LogP contribution < -0.4 is 5.46 Å². The van der Waals surface area contributed by atoms with E-state index in [2.05, 4.69) is 9.97 Å². The summed E-state index contributed by atoms with van der Waals surface area (Å²) < 4.78 is 14.9. The fraction of sp³-hybridized carbons (Fsp3) is 0.111. The molecule has 5 nitrogen and oxygen atoms in total. The minimum Gasteiger partial charge on any atom is -0.423 e. The first-order valence-electron chi connectivity index (χ1n) is 4.60. The summed E-state index contributed by atoms with van der Waals surface area (Å²) in [7, 11) is -1.86. The first-order valence-corrected chi connectivity index (χ1v) is 4.60. The number of aromatic nitrogens is 3. The third-order valence-corrected chi connectivity index (χ3v) is 2.12. The van der Waals surface area contributed by atoms with Gasteiger partial charge in [-0.25, -0.2) is 14.4 Å². The van der Waals surface area contributed by atoms with Crippen molar-refractivity contribution in [1.82, 2.24) is 14.5 Å². The smallest absolute Gasteiger partial charge is 0.423 e. The predicted octanol–water partition coefficient (Wildman–Crippen LogP) is -0.605. The molecule has 0 aliphatic carbocycles. The molecule has 0 spiro atoms. The van der Waals surface area contributed by atoms with Crippen molar-refractivity contribution < 1.29 is 14.4 Å². The molecule has 0 unspecified atom stereocenters. The number of imidazole rings is 1. The van der Waals surface area contributed by atoms with Gasteiger partial charge in [0.05, 0.1) is 5.69 Å². The van der Waals surface area contributed by atoms with E-state index in [1.54, 1.807) is 17.7 Å². The number of rotatable bonds is 2. The van der Waals surface area contributed by atoms with Crippen molar-refractivity contribution >= 4 is 12.6 Å². The van der Waals surface area contributed by atoms with Crippen LogP contribution in [0.15, 0.2) is 24.8 Å². The highest BCUT2D eigenvalue weighted by Gasteiger charge is 2.17. The average molecular weight is 221 g/mol. The second-order valence-corrected chi connectivity index (χ2v) is 3.36. The molecule has 2 heterocycles. The fourth-order valence-corrected chi connectivity index (χ4v) is 1.31. The fourth-order valence-electron chi connectivity index (χ4n) is 1.31. The second kappa shape index (κ2) is 4.03. The van der Waals surface area contributed by atoms with Gasteiger partial charge >= 0.3 is 7.12 Å². The van der Waals surface area contributed by atoms with Crippen molar-refractivity contribution in [3.05, 3.63) is 36.3 Å². The zero-order valence-electron chi connectivity index (χ0n) is 8.50. The lowest BCUT2D eigenvalue weighted by atomic mass is 9.81. The third-order valence-electron chi connectivity index (χ3n) is 2.12. The standard InChI is InChI=1S/C9H9BFN3O2/c1-6-4-14(5-13-6)9-2-8(11)7(3-12-9)10(15)16/h2-5,15-16H,1H3. The Hall–Kier alpha value is -1.73. The van der Waals surface area contributed by atoms with Crippen LogP contribution in [0.5, 0.6) is 0 Å². The van der Waals surface area contributed by atoms with E-state index in [0.717, 1.165) is 18.0 Å². The number of hydrogen-bond donors (Lipinski definition) is 2. The summed E-state index contributed by atoms with van der Waals surface area (Å²) in [6.07, 6.45) is 4.29. The van der Waals surface area contributed by atoms with Crippen LogP contribution in [0, 0.1) is 12.7 Å². The maximum Gasteiger partial charge on any atom is 0.493 e. The summed E-state index contributed by atoms with van der Waals surface area (Å²) in [5, 5.41) is 17.7. The van der Waals surface area contributed by atoms with Gasteiger partial charge in [-0.2, -0.15) is 0 Å². The number of nitrogens with zero attached hydrogens (tertiary/aromatic N) is 3.